The summed E-state index contributed by atoms with van der Waals surface area (Å²) in [6, 6.07) is 6.96. The Morgan fingerprint density at radius 3 is 2.56 bits per heavy atom. The number of hydrogen-bond donors (Lipinski definition) is 1. The molecule has 1 N–H and O–H groups in total. The number of rotatable bonds is 8. The molecule has 0 spiro atoms. The van der Waals surface area contributed by atoms with Gasteiger partial charge in [-0.2, -0.15) is 0 Å². The van der Waals surface area contributed by atoms with Gasteiger partial charge in [-0.15, -0.1) is 0 Å². The van der Waals surface area contributed by atoms with Gasteiger partial charge in [0.1, 0.15) is 0 Å². The molecule has 0 fully saturated rings. The monoisotopic (exact) mass is 333 g/mol. The highest BCUT2D eigenvalue weighted by Gasteiger charge is 2.12. The Balaban J connectivity index is 2.41. The normalized spacial score (nSPS) is 11.7. The van der Waals surface area contributed by atoms with Crippen LogP contribution < -0.4 is 4.72 Å². The van der Waals surface area contributed by atoms with E-state index in [1.54, 1.807) is 18.2 Å². The Morgan fingerprint density at radius 2 is 1.89 bits per heavy atom. The second-order valence-electron chi connectivity index (χ2n) is 4.32. The van der Waals surface area contributed by atoms with Crippen molar-refractivity contribution in [1.29, 1.82) is 0 Å². The van der Waals surface area contributed by atoms with Crippen molar-refractivity contribution in [1.82, 2.24) is 4.72 Å². The number of alkyl halides is 1. The van der Waals surface area contributed by atoms with Crippen molar-refractivity contribution in [2.45, 2.75) is 37.5 Å². The Bertz CT molecular complexity index is 460. The number of benzene rings is 1. The highest BCUT2D eigenvalue weighted by molar-refractivity contribution is 9.09. The molecule has 0 heterocycles. The molecule has 1 aromatic carbocycles. The second-order valence-corrected chi connectivity index (χ2v) is 6.88. The van der Waals surface area contributed by atoms with Gasteiger partial charge in [-0.25, -0.2) is 13.1 Å². The molecular formula is C13H20BrNO2S. The maximum absolute atomic E-state index is 12.0. The van der Waals surface area contributed by atoms with Crippen LogP contribution >= 0.6 is 15.9 Å². The van der Waals surface area contributed by atoms with Gasteiger partial charge in [0, 0.05) is 11.9 Å². The maximum Gasteiger partial charge on any atom is 0.240 e. The van der Waals surface area contributed by atoms with Gasteiger partial charge in [0.2, 0.25) is 10.0 Å². The van der Waals surface area contributed by atoms with Crippen molar-refractivity contribution in [3.63, 3.8) is 0 Å². The molecule has 102 valence electrons. The fourth-order valence-electron chi connectivity index (χ4n) is 1.65. The van der Waals surface area contributed by atoms with Crippen LogP contribution in [0, 0.1) is 6.92 Å². The first kappa shape index (κ1) is 15.7. The fraction of sp³-hybridized carbons (Fsp3) is 0.538. The van der Waals surface area contributed by atoms with Crippen molar-refractivity contribution in [2.24, 2.45) is 0 Å². The minimum atomic E-state index is -3.33. The van der Waals surface area contributed by atoms with Crippen LogP contribution in [0.4, 0.5) is 0 Å². The van der Waals surface area contributed by atoms with Gasteiger partial charge >= 0.3 is 0 Å². The summed E-state index contributed by atoms with van der Waals surface area (Å²) in [6.07, 6.45) is 4.22. The summed E-state index contributed by atoms with van der Waals surface area (Å²) >= 11 is 3.38. The number of nitrogens with one attached hydrogen (secondary N) is 1. The molecule has 5 heteroatoms. The molecule has 1 aromatic rings. The van der Waals surface area contributed by atoms with Crippen LogP contribution in [-0.2, 0) is 10.0 Å². The average Bonchev–Trinajstić information content (AvgIpc) is 2.33. The van der Waals surface area contributed by atoms with E-state index in [1.165, 1.54) is 0 Å². The number of unbranched alkanes of at least 4 members (excludes halogenated alkanes) is 3. The highest BCUT2D eigenvalue weighted by atomic mass is 79.9. The van der Waals surface area contributed by atoms with Crippen LogP contribution in [0.3, 0.4) is 0 Å². The molecule has 0 atom stereocenters. The van der Waals surface area contributed by atoms with E-state index in [0.717, 1.165) is 36.6 Å². The van der Waals surface area contributed by atoms with Crippen molar-refractivity contribution in [3.8, 4) is 0 Å². The largest absolute Gasteiger partial charge is 0.240 e. The summed E-state index contributed by atoms with van der Waals surface area (Å²) < 4.78 is 26.5. The first-order chi connectivity index (χ1) is 8.56. The third-order valence-corrected chi connectivity index (χ3v) is 4.67. The fourth-order valence-corrected chi connectivity index (χ4v) is 3.22. The van der Waals surface area contributed by atoms with Crippen LogP contribution in [0.2, 0.25) is 0 Å². The predicted molar refractivity (Wildman–Crippen MR) is 78.6 cm³/mol. The summed E-state index contributed by atoms with van der Waals surface area (Å²) in [4.78, 5) is 0.350. The highest BCUT2D eigenvalue weighted by Crippen LogP contribution is 2.10. The molecule has 0 aliphatic heterocycles. The van der Waals surface area contributed by atoms with Crippen molar-refractivity contribution in [3.05, 3.63) is 29.8 Å². The predicted octanol–water partition coefficient (Wildman–Crippen LogP) is 3.23. The van der Waals surface area contributed by atoms with E-state index >= 15 is 0 Å². The van der Waals surface area contributed by atoms with Gasteiger partial charge in [-0.1, -0.05) is 40.9 Å². The molecule has 0 unspecified atom stereocenters. The summed E-state index contributed by atoms with van der Waals surface area (Å²) in [5.41, 5.74) is 0.954. The van der Waals surface area contributed by atoms with Gasteiger partial charge in [0.05, 0.1) is 4.90 Å². The molecule has 0 aliphatic rings. The third kappa shape index (κ3) is 5.50. The number of halogens is 1. The first-order valence-corrected chi connectivity index (χ1v) is 8.79. The van der Waals surface area contributed by atoms with Crippen LogP contribution in [-0.4, -0.2) is 20.3 Å². The van der Waals surface area contributed by atoms with Crippen LogP contribution in [0.15, 0.2) is 29.2 Å². The number of sulfonamides is 1. The maximum atomic E-state index is 12.0. The Hall–Kier alpha value is -0.390. The lowest BCUT2D eigenvalue weighted by Crippen LogP contribution is -2.24. The zero-order valence-corrected chi connectivity index (χ0v) is 13.1. The zero-order valence-electron chi connectivity index (χ0n) is 10.7. The number of hydrogen-bond acceptors (Lipinski definition) is 2. The molecule has 1 rings (SSSR count). The van der Waals surface area contributed by atoms with E-state index in [4.69, 9.17) is 0 Å². The van der Waals surface area contributed by atoms with Gasteiger partial charge < -0.3 is 0 Å². The van der Waals surface area contributed by atoms with E-state index < -0.39 is 10.0 Å². The molecule has 0 aromatic heterocycles. The standard InChI is InChI=1S/C13H20BrNO2S/c1-12-7-6-8-13(11-12)18(16,17)15-10-5-3-2-4-9-14/h6-8,11,15H,2-5,9-10H2,1H3. The average molecular weight is 334 g/mol. The van der Waals surface area contributed by atoms with E-state index in [1.807, 2.05) is 13.0 Å². The molecule has 0 bridgehead atoms. The quantitative estimate of drug-likeness (QED) is 0.586. The molecular weight excluding hydrogens is 314 g/mol. The van der Waals surface area contributed by atoms with Crippen LogP contribution in [0.5, 0.6) is 0 Å². The molecule has 3 nitrogen and oxygen atoms in total. The molecule has 18 heavy (non-hydrogen) atoms. The molecule has 0 amide bonds. The Morgan fingerprint density at radius 1 is 1.17 bits per heavy atom. The van der Waals surface area contributed by atoms with Gasteiger partial charge in [-0.3, -0.25) is 0 Å². The summed E-state index contributed by atoms with van der Waals surface area (Å²) in [7, 11) is -3.33. The molecule has 0 saturated carbocycles. The van der Waals surface area contributed by atoms with Gasteiger partial charge in [0.25, 0.3) is 0 Å². The lowest BCUT2D eigenvalue weighted by atomic mass is 10.2. The summed E-state index contributed by atoms with van der Waals surface area (Å²) in [5, 5.41) is 1.02. The number of aryl methyl sites for hydroxylation is 1. The zero-order chi connectivity index (χ0) is 13.4. The topological polar surface area (TPSA) is 46.2 Å². The van der Waals surface area contributed by atoms with E-state index in [-0.39, 0.29) is 0 Å². The van der Waals surface area contributed by atoms with Gasteiger partial charge in [0.15, 0.2) is 0 Å². The first-order valence-electron chi connectivity index (χ1n) is 6.18. The van der Waals surface area contributed by atoms with E-state index in [9.17, 15) is 8.42 Å². The Kier molecular flexibility index (Phi) is 6.89. The molecule has 0 aliphatic carbocycles. The lowest BCUT2D eigenvalue weighted by Gasteiger charge is -2.07. The minimum Gasteiger partial charge on any atom is -0.211 e. The molecule has 0 radical (unpaired) electrons. The van der Waals surface area contributed by atoms with Crippen molar-refractivity contribution >= 4 is 26.0 Å². The molecule has 0 saturated heterocycles. The lowest BCUT2D eigenvalue weighted by molar-refractivity contribution is 0.574. The summed E-state index contributed by atoms with van der Waals surface area (Å²) in [5.74, 6) is 0. The smallest absolute Gasteiger partial charge is 0.211 e. The Labute approximate surface area is 118 Å². The van der Waals surface area contributed by atoms with Crippen LogP contribution in [0.25, 0.3) is 0 Å². The van der Waals surface area contributed by atoms with Crippen molar-refractivity contribution in [2.75, 3.05) is 11.9 Å². The van der Waals surface area contributed by atoms with Gasteiger partial charge in [-0.05, 0) is 37.5 Å². The van der Waals surface area contributed by atoms with E-state index in [2.05, 4.69) is 20.7 Å². The third-order valence-electron chi connectivity index (χ3n) is 2.65. The van der Waals surface area contributed by atoms with Crippen molar-refractivity contribution < 1.29 is 8.42 Å². The van der Waals surface area contributed by atoms with Crippen LogP contribution in [0.1, 0.15) is 31.2 Å². The van der Waals surface area contributed by atoms with E-state index in [0.29, 0.717) is 11.4 Å². The minimum absolute atomic E-state index is 0.350. The summed E-state index contributed by atoms with van der Waals surface area (Å²) in [6.45, 7) is 2.40. The second kappa shape index (κ2) is 7.92. The SMILES string of the molecule is Cc1cccc(S(=O)(=O)NCCCCCCBr)c1.